The molecule has 0 saturated carbocycles. The van der Waals surface area contributed by atoms with Gasteiger partial charge in [-0.2, -0.15) is 44.3 Å². The molecule has 0 unspecified atom stereocenters. The molecule has 0 saturated heterocycles. The van der Waals surface area contributed by atoms with Crippen molar-refractivity contribution in [2.75, 3.05) is 18.6 Å². The van der Waals surface area contributed by atoms with Crippen LogP contribution in [-0.2, 0) is 48.2 Å². The maximum absolute atomic E-state index is 14.0. The number of benzene rings is 3. The second-order valence-electron chi connectivity index (χ2n) is 10.7. The van der Waals surface area contributed by atoms with Crippen LogP contribution in [0, 0.1) is 0 Å². The van der Waals surface area contributed by atoms with E-state index in [9.17, 15) is 44.3 Å². The summed E-state index contributed by atoms with van der Waals surface area (Å²) in [4.78, 5) is 14.1. The van der Waals surface area contributed by atoms with Crippen molar-refractivity contribution in [2.45, 2.75) is 45.5 Å². The summed E-state index contributed by atoms with van der Waals surface area (Å²) in [6, 6.07) is 8.47. The van der Waals surface area contributed by atoms with E-state index in [4.69, 9.17) is 9.47 Å². The molecule has 0 aliphatic heterocycles. The fraction of sp³-hybridized carbons (Fsp3) is 0.312. The molecular weight excluding hydrogens is 673 g/mol. The molecule has 0 atom stereocenters. The number of hydrogen-bond donors (Lipinski definition) is 0. The summed E-state index contributed by atoms with van der Waals surface area (Å²) in [5, 5.41) is 11.5. The largest absolute Gasteiger partial charge is 0.496 e. The smallest absolute Gasteiger partial charge is 0.416 e. The van der Waals surface area contributed by atoms with E-state index in [1.165, 1.54) is 32.4 Å². The van der Waals surface area contributed by atoms with Crippen molar-refractivity contribution in [1.29, 1.82) is 0 Å². The SMILES string of the molecule is CCOC(=O)C=C(C)c1ccc(OC)c(-c2ccc(C(F)(F)F)cc2CN(Cc2cc(C(F)(F)F)cc(C(F)(F)F)c2)c2nnn(C)n2)c1. The number of tetrazole rings is 1. The Labute approximate surface area is 273 Å². The van der Waals surface area contributed by atoms with Crippen molar-refractivity contribution >= 4 is 17.5 Å². The molecular formula is C32H28F9N5O3. The van der Waals surface area contributed by atoms with E-state index in [-0.39, 0.29) is 41.1 Å². The Morgan fingerprint density at radius 3 is 2.00 bits per heavy atom. The number of anilines is 1. The van der Waals surface area contributed by atoms with Crippen molar-refractivity contribution in [3.8, 4) is 16.9 Å². The summed E-state index contributed by atoms with van der Waals surface area (Å²) in [7, 11) is 2.67. The van der Waals surface area contributed by atoms with Gasteiger partial charge in [0, 0.05) is 24.7 Å². The Kier molecular flexibility index (Phi) is 10.6. The molecule has 0 amide bonds. The second-order valence-corrected chi connectivity index (χ2v) is 10.7. The number of carbonyl (C=O) groups excluding carboxylic acids is 1. The predicted molar refractivity (Wildman–Crippen MR) is 159 cm³/mol. The Morgan fingerprint density at radius 2 is 1.47 bits per heavy atom. The molecule has 0 spiro atoms. The quantitative estimate of drug-likeness (QED) is 0.0939. The molecule has 17 heteroatoms. The van der Waals surface area contributed by atoms with Gasteiger partial charge in [0.2, 0.25) is 0 Å². The molecule has 1 heterocycles. The Hall–Kier alpha value is -5.09. The summed E-state index contributed by atoms with van der Waals surface area (Å²) >= 11 is 0. The number of rotatable bonds is 10. The first-order valence-electron chi connectivity index (χ1n) is 14.3. The van der Waals surface area contributed by atoms with E-state index in [0.29, 0.717) is 23.3 Å². The average molecular weight is 702 g/mol. The lowest BCUT2D eigenvalue weighted by Crippen LogP contribution is -2.25. The van der Waals surface area contributed by atoms with Crippen molar-refractivity contribution in [2.24, 2.45) is 7.05 Å². The average Bonchev–Trinajstić information content (AvgIpc) is 3.45. The van der Waals surface area contributed by atoms with Crippen molar-refractivity contribution in [3.63, 3.8) is 0 Å². The van der Waals surface area contributed by atoms with Gasteiger partial charge in [0.25, 0.3) is 5.95 Å². The standard InChI is InChI=1S/C32H28F9N5O3/c1-5-49-28(47)10-18(2)20-6-9-27(48-4)26(14-20)25-8-7-22(30(33,34)35)13-21(25)17-46(29-42-44-45(3)43-29)16-19-11-23(31(36,37)38)15-24(12-19)32(39,40)41/h6-15H,5,16-17H2,1-4H3. The summed E-state index contributed by atoms with van der Waals surface area (Å²) in [5.41, 5.74) is -3.39. The van der Waals surface area contributed by atoms with E-state index >= 15 is 0 Å². The number of esters is 1. The molecule has 3 aromatic carbocycles. The zero-order valence-electron chi connectivity index (χ0n) is 26.3. The zero-order valence-corrected chi connectivity index (χ0v) is 26.3. The fourth-order valence-electron chi connectivity index (χ4n) is 4.91. The van der Waals surface area contributed by atoms with Crippen molar-refractivity contribution in [3.05, 3.63) is 94.1 Å². The Balaban J connectivity index is 1.90. The third-order valence-corrected chi connectivity index (χ3v) is 7.16. The van der Waals surface area contributed by atoms with Gasteiger partial charge in [0.05, 0.1) is 37.5 Å². The Morgan fingerprint density at radius 1 is 0.837 bits per heavy atom. The predicted octanol–water partition coefficient (Wildman–Crippen LogP) is 8.12. The zero-order chi connectivity index (χ0) is 36.3. The molecule has 4 rings (SSSR count). The molecule has 262 valence electrons. The van der Waals surface area contributed by atoms with E-state index in [2.05, 4.69) is 15.4 Å². The van der Waals surface area contributed by atoms with Gasteiger partial charge in [-0.05, 0) is 89.4 Å². The van der Waals surface area contributed by atoms with Crippen molar-refractivity contribution < 1.29 is 53.8 Å². The molecule has 49 heavy (non-hydrogen) atoms. The van der Waals surface area contributed by atoms with Crippen LogP contribution in [-0.4, -0.2) is 39.9 Å². The normalized spacial score (nSPS) is 12.6. The maximum Gasteiger partial charge on any atom is 0.416 e. The van der Waals surface area contributed by atoms with Crippen LogP contribution < -0.4 is 9.64 Å². The summed E-state index contributed by atoms with van der Waals surface area (Å²) in [5.74, 6) is -0.695. The lowest BCUT2D eigenvalue weighted by atomic mass is 9.93. The Bertz CT molecular complexity index is 1810. The van der Waals surface area contributed by atoms with Crippen LogP contribution in [0.2, 0.25) is 0 Å². The monoisotopic (exact) mass is 701 g/mol. The number of ether oxygens (including phenoxy) is 2. The van der Waals surface area contributed by atoms with E-state index < -0.39 is 59.8 Å². The van der Waals surface area contributed by atoms with Crippen LogP contribution in [0.4, 0.5) is 45.5 Å². The van der Waals surface area contributed by atoms with Gasteiger partial charge in [-0.25, -0.2) is 4.79 Å². The van der Waals surface area contributed by atoms with Crippen LogP contribution in [0.3, 0.4) is 0 Å². The second kappa shape index (κ2) is 14.2. The highest BCUT2D eigenvalue weighted by Gasteiger charge is 2.37. The molecule has 0 bridgehead atoms. The third kappa shape index (κ3) is 9.08. The van der Waals surface area contributed by atoms with E-state index in [1.54, 1.807) is 26.0 Å². The molecule has 0 aliphatic carbocycles. The van der Waals surface area contributed by atoms with Gasteiger partial charge >= 0.3 is 24.5 Å². The highest BCUT2D eigenvalue weighted by atomic mass is 19.4. The van der Waals surface area contributed by atoms with Gasteiger partial charge in [-0.3, -0.25) is 0 Å². The number of hydrogen-bond acceptors (Lipinski definition) is 7. The minimum Gasteiger partial charge on any atom is -0.496 e. The molecule has 8 nitrogen and oxygen atoms in total. The number of nitrogens with zero attached hydrogens (tertiary/aromatic N) is 5. The van der Waals surface area contributed by atoms with E-state index in [1.807, 2.05) is 0 Å². The van der Waals surface area contributed by atoms with Crippen LogP contribution in [0.1, 0.15) is 47.2 Å². The van der Waals surface area contributed by atoms with Gasteiger partial charge < -0.3 is 14.4 Å². The lowest BCUT2D eigenvalue weighted by molar-refractivity contribution is -0.143. The van der Waals surface area contributed by atoms with Gasteiger partial charge in [0.15, 0.2) is 0 Å². The van der Waals surface area contributed by atoms with Crippen LogP contribution in [0.15, 0.2) is 60.7 Å². The summed E-state index contributed by atoms with van der Waals surface area (Å²) < 4.78 is 134. The first-order valence-corrected chi connectivity index (χ1v) is 14.3. The number of alkyl halides is 9. The lowest BCUT2D eigenvalue weighted by Gasteiger charge is -2.25. The molecule has 4 aromatic rings. The number of aryl methyl sites for hydroxylation is 1. The number of methoxy groups -OCH3 is 1. The summed E-state index contributed by atoms with van der Waals surface area (Å²) in [6.45, 7) is 2.14. The number of carbonyl (C=O) groups is 1. The first-order chi connectivity index (χ1) is 22.8. The van der Waals surface area contributed by atoms with Crippen molar-refractivity contribution in [1.82, 2.24) is 20.2 Å². The van der Waals surface area contributed by atoms with E-state index in [0.717, 1.165) is 21.8 Å². The van der Waals surface area contributed by atoms with Crippen LogP contribution >= 0.6 is 0 Å². The number of aromatic nitrogens is 4. The third-order valence-electron chi connectivity index (χ3n) is 7.16. The molecule has 0 fully saturated rings. The first kappa shape index (κ1) is 36.7. The molecule has 1 aromatic heterocycles. The topological polar surface area (TPSA) is 82.4 Å². The number of halogens is 9. The maximum atomic E-state index is 14.0. The fourth-order valence-corrected chi connectivity index (χ4v) is 4.91. The minimum absolute atomic E-state index is 0.0308. The van der Waals surface area contributed by atoms with Crippen LogP contribution in [0.5, 0.6) is 5.75 Å². The molecule has 0 N–H and O–H groups in total. The van der Waals surface area contributed by atoms with Gasteiger partial charge in [-0.1, -0.05) is 17.2 Å². The highest BCUT2D eigenvalue weighted by molar-refractivity contribution is 5.91. The molecule has 0 radical (unpaired) electrons. The minimum atomic E-state index is -5.14. The summed E-state index contributed by atoms with van der Waals surface area (Å²) in [6.07, 6.45) is -13.9. The molecule has 0 aliphatic rings. The number of allylic oxidation sites excluding steroid dienone is 1. The van der Waals surface area contributed by atoms with Crippen LogP contribution in [0.25, 0.3) is 16.7 Å². The van der Waals surface area contributed by atoms with Gasteiger partial charge in [0.1, 0.15) is 5.75 Å². The van der Waals surface area contributed by atoms with Gasteiger partial charge in [-0.15, -0.1) is 5.10 Å². The highest BCUT2D eigenvalue weighted by Crippen LogP contribution is 2.40.